The largest absolute Gasteiger partial charge is 0.480 e. The summed E-state index contributed by atoms with van der Waals surface area (Å²) in [4.78, 5) is 10.8. The summed E-state index contributed by atoms with van der Waals surface area (Å²) in [6.45, 7) is 2.69. The molecular weight excluding hydrogens is 178 g/mol. The fourth-order valence-electron chi connectivity index (χ4n) is 1.82. The van der Waals surface area contributed by atoms with Crippen LogP contribution in [0.5, 0.6) is 0 Å². The van der Waals surface area contributed by atoms with Crippen molar-refractivity contribution in [2.45, 2.75) is 25.9 Å². The molecule has 1 aromatic rings. The van der Waals surface area contributed by atoms with Crippen LogP contribution in [0.2, 0.25) is 0 Å². The minimum Gasteiger partial charge on any atom is -0.480 e. The standard InChI is InChI=1S/C11H13NO2/c1-7-2-3-8-6-12-10(11(13)14)5-9(8)4-7/h2-4,10,12H,5-6H2,1H3,(H,13,14)/t10-/m0/s1. The first-order chi connectivity index (χ1) is 6.66. The summed E-state index contributed by atoms with van der Waals surface area (Å²) >= 11 is 0. The average molecular weight is 191 g/mol. The van der Waals surface area contributed by atoms with Gasteiger partial charge in [0.25, 0.3) is 0 Å². The van der Waals surface area contributed by atoms with Gasteiger partial charge >= 0.3 is 5.97 Å². The highest BCUT2D eigenvalue weighted by Crippen LogP contribution is 2.18. The summed E-state index contributed by atoms with van der Waals surface area (Å²) in [6, 6.07) is 5.77. The number of aryl methyl sites for hydroxylation is 1. The van der Waals surface area contributed by atoms with E-state index >= 15 is 0 Å². The molecule has 1 aliphatic rings. The van der Waals surface area contributed by atoms with E-state index in [1.54, 1.807) is 0 Å². The molecule has 0 unspecified atom stereocenters. The molecule has 0 amide bonds. The van der Waals surface area contributed by atoms with Crippen LogP contribution in [0.3, 0.4) is 0 Å². The normalized spacial score (nSPS) is 20.2. The maximum atomic E-state index is 10.8. The average Bonchev–Trinajstić information content (AvgIpc) is 2.16. The first kappa shape index (κ1) is 9.21. The molecule has 0 bridgehead atoms. The number of hydrogen-bond acceptors (Lipinski definition) is 2. The van der Waals surface area contributed by atoms with Gasteiger partial charge in [-0.25, -0.2) is 0 Å². The number of aliphatic carboxylic acids is 1. The Morgan fingerprint density at radius 1 is 1.50 bits per heavy atom. The predicted octanol–water partition coefficient (Wildman–Crippen LogP) is 1.09. The maximum absolute atomic E-state index is 10.8. The van der Waals surface area contributed by atoms with Gasteiger partial charge in [-0.15, -0.1) is 0 Å². The molecule has 1 atom stereocenters. The van der Waals surface area contributed by atoms with Gasteiger partial charge in [0.05, 0.1) is 0 Å². The number of nitrogens with one attached hydrogen (secondary N) is 1. The van der Waals surface area contributed by atoms with E-state index in [1.807, 2.05) is 6.92 Å². The van der Waals surface area contributed by atoms with Crippen LogP contribution in [0.4, 0.5) is 0 Å². The van der Waals surface area contributed by atoms with Crippen LogP contribution in [0.25, 0.3) is 0 Å². The summed E-state index contributed by atoms with van der Waals surface area (Å²) in [5, 5.41) is 11.9. The highest BCUT2D eigenvalue weighted by atomic mass is 16.4. The van der Waals surface area contributed by atoms with Crippen molar-refractivity contribution in [1.29, 1.82) is 0 Å². The fourth-order valence-corrected chi connectivity index (χ4v) is 1.82. The number of rotatable bonds is 1. The number of benzene rings is 1. The summed E-state index contributed by atoms with van der Waals surface area (Å²) < 4.78 is 0. The highest BCUT2D eigenvalue weighted by Gasteiger charge is 2.23. The molecule has 2 N–H and O–H groups in total. The third kappa shape index (κ3) is 1.63. The smallest absolute Gasteiger partial charge is 0.321 e. The van der Waals surface area contributed by atoms with Gasteiger partial charge in [-0.05, 0) is 24.5 Å². The second-order valence-electron chi connectivity index (χ2n) is 3.75. The van der Waals surface area contributed by atoms with Crippen LogP contribution in [-0.2, 0) is 17.8 Å². The minimum atomic E-state index is -0.767. The Balaban J connectivity index is 2.29. The van der Waals surface area contributed by atoms with Gasteiger partial charge in [-0.1, -0.05) is 23.8 Å². The third-order valence-electron chi connectivity index (χ3n) is 2.62. The summed E-state index contributed by atoms with van der Waals surface area (Å²) in [5.41, 5.74) is 3.57. The lowest BCUT2D eigenvalue weighted by atomic mass is 9.94. The molecule has 0 fully saturated rings. The minimum absolute atomic E-state index is 0.427. The van der Waals surface area contributed by atoms with Gasteiger partial charge < -0.3 is 10.4 Å². The summed E-state index contributed by atoms with van der Waals surface area (Å²) in [5.74, 6) is -0.767. The van der Waals surface area contributed by atoms with Gasteiger partial charge in [0.2, 0.25) is 0 Å². The Labute approximate surface area is 82.8 Å². The number of fused-ring (bicyclic) bond motifs is 1. The molecule has 1 heterocycles. The van der Waals surface area contributed by atoms with Gasteiger partial charge in [-0.3, -0.25) is 4.79 Å². The molecule has 3 heteroatoms. The first-order valence-electron chi connectivity index (χ1n) is 4.71. The summed E-state index contributed by atoms with van der Waals surface area (Å²) in [6.07, 6.45) is 0.590. The van der Waals surface area contributed by atoms with Crippen molar-refractivity contribution in [2.75, 3.05) is 0 Å². The van der Waals surface area contributed by atoms with E-state index in [4.69, 9.17) is 5.11 Å². The molecule has 1 aliphatic heterocycles. The second-order valence-corrected chi connectivity index (χ2v) is 3.75. The Morgan fingerprint density at radius 2 is 2.29 bits per heavy atom. The highest BCUT2D eigenvalue weighted by molar-refractivity contribution is 5.74. The first-order valence-corrected chi connectivity index (χ1v) is 4.71. The van der Waals surface area contributed by atoms with E-state index in [2.05, 4.69) is 23.5 Å². The van der Waals surface area contributed by atoms with E-state index in [0.29, 0.717) is 13.0 Å². The molecule has 0 saturated carbocycles. The van der Waals surface area contributed by atoms with Crippen molar-refractivity contribution < 1.29 is 9.90 Å². The lowest BCUT2D eigenvalue weighted by Crippen LogP contribution is -2.41. The lowest BCUT2D eigenvalue weighted by Gasteiger charge is -2.23. The monoisotopic (exact) mass is 191 g/mol. The van der Waals surface area contributed by atoms with Crippen molar-refractivity contribution in [3.8, 4) is 0 Å². The topological polar surface area (TPSA) is 49.3 Å². The summed E-state index contributed by atoms with van der Waals surface area (Å²) in [7, 11) is 0. The predicted molar refractivity (Wildman–Crippen MR) is 53.1 cm³/mol. The molecule has 2 rings (SSSR count). The molecular formula is C11H13NO2. The molecule has 74 valence electrons. The fraction of sp³-hybridized carbons (Fsp3) is 0.364. The van der Waals surface area contributed by atoms with E-state index < -0.39 is 12.0 Å². The number of carboxylic acid groups (broad SMARTS) is 1. The van der Waals surface area contributed by atoms with Crippen molar-refractivity contribution in [2.24, 2.45) is 0 Å². The quantitative estimate of drug-likeness (QED) is 0.698. The Hall–Kier alpha value is -1.35. The van der Waals surface area contributed by atoms with E-state index in [-0.39, 0.29) is 0 Å². The maximum Gasteiger partial charge on any atom is 0.321 e. The third-order valence-corrected chi connectivity index (χ3v) is 2.62. The molecule has 0 saturated heterocycles. The van der Waals surface area contributed by atoms with Crippen molar-refractivity contribution in [3.05, 3.63) is 34.9 Å². The molecule has 14 heavy (non-hydrogen) atoms. The van der Waals surface area contributed by atoms with Gasteiger partial charge in [0.1, 0.15) is 6.04 Å². The van der Waals surface area contributed by atoms with Gasteiger partial charge in [-0.2, -0.15) is 0 Å². The van der Waals surface area contributed by atoms with Crippen LogP contribution >= 0.6 is 0 Å². The molecule has 0 radical (unpaired) electrons. The SMILES string of the molecule is Cc1ccc2c(c1)C[C@@H](C(=O)O)NC2. The zero-order valence-corrected chi connectivity index (χ0v) is 8.08. The Morgan fingerprint density at radius 3 is 3.00 bits per heavy atom. The van der Waals surface area contributed by atoms with Crippen LogP contribution in [-0.4, -0.2) is 17.1 Å². The van der Waals surface area contributed by atoms with Gasteiger partial charge in [0.15, 0.2) is 0 Å². The van der Waals surface area contributed by atoms with Crippen molar-refractivity contribution in [3.63, 3.8) is 0 Å². The zero-order chi connectivity index (χ0) is 10.1. The van der Waals surface area contributed by atoms with E-state index in [9.17, 15) is 4.79 Å². The van der Waals surface area contributed by atoms with E-state index in [1.165, 1.54) is 11.1 Å². The molecule has 1 aromatic carbocycles. The van der Waals surface area contributed by atoms with Crippen LogP contribution in [0.15, 0.2) is 18.2 Å². The zero-order valence-electron chi connectivity index (χ0n) is 8.08. The Bertz CT molecular complexity index is 374. The number of hydrogen-bond donors (Lipinski definition) is 2. The van der Waals surface area contributed by atoms with E-state index in [0.717, 1.165) is 5.56 Å². The molecule has 3 nitrogen and oxygen atoms in total. The number of carbonyl (C=O) groups is 1. The van der Waals surface area contributed by atoms with Crippen molar-refractivity contribution >= 4 is 5.97 Å². The molecule has 0 aliphatic carbocycles. The van der Waals surface area contributed by atoms with Crippen molar-refractivity contribution in [1.82, 2.24) is 5.32 Å². The van der Waals surface area contributed by atoms with Crippen LogP contribution in [0, 0.1) is 6.92 Å². The Kier molecular flexibility index (Phi) is 2.25. The van der Waals surface area contributed by atoms with Crippen LogP contribution in [0.1, 0.15) is 16.7 Å². The van der Waals surface area contributed by atoms with Crippen LogP contribution < -0.4 is 5.32 Å². The lowest BCUT2D eigenvalue weighted by molar-refractivity contribution is -0.139. The second kappa shape index (κ2) is 3.42. The number of carboxylic acids is 1. The van der Waals surface area contributed by atoms with Gasteiger partial charge in [0, 0.05) is 6.54 Å². The molecule has 0 aromatic heterocycles. The molecule has 0 spiro atoms.